The van der Waals surface area contributed by atoms with Crippen molar-refractivity contribution >= 4 is 0 Å². The quantitative estimate of drug-likeness (QED) is 0.791. The zero-order valence-electron chi connectivity index (χ0n) is 12.5. The molecule has 2 aromatic carbocycles. The standard InChI is InChI=1S/C19H23N/c1-3-20-13-12-17(14-20)19-11-7-10-18(15(19)2)16-8-5-4-6-9-16/h4-11,17H,3,12-14H2,1-2H3/t17-/m1/s1. The van der Waals surface area contributed by atoms with Crippen LogP contribution >= 0.6 is 0 Å². The van der Waals surface area contributed by atoms with Gasteiger partial charge in [0.1, 0.15) is 0 Å². The predicted molar refractivity (Wildman–Crippen MR) is 86.1 cm³/mol. The molecule has 3 rings (SSSR count). The third-order valence-corrected chi connectivity index (χ3v) is 4.62. The van der Waals surface area contributed by atoms with Crippen molar-refractivity contribution in [2.75, 3.05) is 19.6 Å². The van der Waals surface area contributed by atoms with Gasteiger partial charge in [0, 0.05) is 6.54 Å². The monoisotopic (exact) mass is 265 g/mol. The fourth-order valence-electron chi connectivity index (χ4n) is 3.40. The van der Waals surface area contributed by atoms with E-state index in [-0.39, 0.29) is 0 Å². The van der Waals surface area contributed by atoms with Gasteiger partial charge in [0.05, 0.1) is 0 Å². The molecule has 0 saturated carbocycles. The summed E-state index contributed by atoms with van der Waals surface area (Å²) in [5.74, 6) is 0.707. The summed E-state index contributed by atoms with van der Waals surface area (Å²) in [7, 11) is 0. The minimum absolute atomic E-state index is 0.707. The first-order chi connectivity index (χ1) is 9.79. The van der Waals surface area contributed by atoms with E-state index in [4.69, 9.17) is 0 Å². The highest BCUT2D eigenvalue weighted by molar-refractivity contribution is 5.68. The Morgan fingerprint density at radius 3 is 2.55 bits per heavy atom. The minimum atomic E-state index is 0.707. The molecule has 0 N–H and O–H groups in total. The molecule has 2 aromatic rings. The maximum absolute atomic E-state index is 2.55. The third kappa shape index (κ3) is 2.51. The number of rotatable bonds is 3. The maximum atomic E-state index is 2.55. The topological polar surface area (TPSA) is 3.24 Å². The smallest absolute Gasteiger partial charge is 0.00507 e. The number of benzene rings is 2. The van der Waals surface area contributed by atoms with Crippen molar-refractivity contribution in [3.05, 3.63) is 59.7 Å². The van der Waals surface area contributed by atoms with Gasteiger partial charge in [-0.2, -0.15) is 0 Å². The van der Waals surface area contributed by atoms with E-state index < -0.39 is 0 Å². The lowest BCUT2D eigenvalue weighted by Crippen LogP contribution is -2.19. The fourth-order valence-corrected chi connectivity index (χ4v) is 3.40. The van der Waals surface area contributed by atoms with Crippen LogP contribution in [0.1, 0.15) is 30.4 Å². The molecule has 104 valence electrons. The normalized spacial score (nSPS) is 19.4. The second-order valence-electron chi connectivity index (χ2n) is 5.76. The molecule has 0 amide bonds. The molecule has 0 radical (unpaired) electrons. The Morgan fingerprint density at radius 1 is 1.05 bits per heavy atom. The Labute approximate surface area is 122 Å². The molecule has 1 saturated heterocycles. The first kappa shape index (κ1) is 13.4. The summed E-state index contributed by atoms with van der Waals surface area (Å²) < 4.78 is 0. The van der Waals surface area contributed by atoms with Crippen LogP contribution in [-0.4, -0.2) is 24.5 Å². The van der Waals surface area contributed by atoms with Crippen LogP contribution in [0.4, 0.5) is 0 Å². The molecule has 1 heteroatoms. The highest BCUT2D eigenvalue weighted by Crippen LogP contribution is 2.33. The van der Waals surface area contributed by atoms with Crippen molar-refractivity contribution in [2.24, 2.45) is 0 Å². The molecule has 0 unspecified atom stereocenters. The molecule has 1 fully saturated rings. The van der Waals surface area contributed by atoms with Gasteiger partial charge < -0.3 is 4.90 Å². The molecule has 20 heavy (non-hydrogen) atoms. The summed E-state index contributed by atoms with van der Waals surface area (Å²) in [6, 6.07) is 17.5. The van der Waals surface area contributed by atoms with Gasteiger partial charge in [-0.15, -0.1) is 0 Å². The number of likely N-dealkylation sites (tertiary alicyclic amines) is 1. The number of likely N-dealkylation sites (N-methyl/N-ethyl adjacent to an activating group) is 1. The fraction of sp³-hybridized carbons (Fsp3) is 0.368. The first-order valence-electron chi connectivity index (χ1n) is 7.67. The molecular weight excluding hydrogens is 242 g/mol. The highest BCUT2D eigenvalue weighted by atomic mass is 15.1. The molecule has 1 aliphatic rings. The summed E-state index contributed by atoms with van der Waals surface area (Å²) in [5, 5.41) is 0. The van der Waals surface area contributed by atoms with Gasteiger partial charge in [0.2, 0.25) is 0 Å². The second kappa shape index (κ2) is 5.80. The molecule has 1 atom stereocenters. The maximum Gasteiger partial charge on any atom is 0.00507 e. The van der Waals surface area contributed by atoms with Crippen molar-refractivity contribution in [1.82, 2.24) is 4.90 Å². The third-order valence-electron chi connectivity index (χ3n) is 4.62. The van der Waals surface area contributed by atoms with Crippen LogP contribution < -0.4 is 0 Å². The lowest BCUT2D eigenvalue weighted by atomic mass is 9.89. The Kier molecular flexibility index (Phi) is 3.88. The van der Waals surface area contributed by atoms with Crippen molar-refractivity contribution in [3.63, 3.8) is 0 Å². The van der Waals surface area contributed by atoms with E-state index in [9.17, 15) is 0 Å². The Morgan fingerprint density at radius 2 is 1.85 bits per heavy atom. The van der Waals surface area contributed by atoms with Crippen LogP contribution in [0.25, 0.3) is 11.1 Å². The average molecular weight is 265 g/mol. The number of hydrogen-bond donors (Lipinski definition) is 0. The molecule has 0 aromatic heterocycles. The molecule has 1 nitrogen and oxygen atoms in total. The van der Waals surface area contributed by atoms with Crippen LogP contribution in [0.5, 0.6) is 0 Å². The first-order valence-corrected chi connectivity index (χ1v) is 7.67. The lowest BCUT2D eigenvalue weighted by Gasteiger charge is -2.18. The van der Waals surface area contributed by atoms with Crippen molar-refractivity contribution in [1.29, 1.82) is 0 Å². The minimum Gasteiger partial charge on any atom is -0.303 e. The Bertz CT molecular complexity index is 574. The highest BCUT2D eigenvalue weighted by Gasteiger charge is 2.24. The summed E-state index contributed by atoms with van der Waals surface area (Å²) in [5.41, 5.74) is 5.72. The van der Waals surface area contributed by atoms with Gasteiger partial charge in [-0.1, -0.05) is 55.5 Å². The van der Waals surface area contributed by atoms with Crippen LogP contribution in [0, 0.1) is 6.92 Å². The van der Waals surface area contributed by atoms with E-state index in [1.54, 1.807) is 5.56 Å². The molecule has 1 aliphatic heterocycles. The van der Waals surface area contributed by atoms with E-state index in [0.29, 0.717) is 5.92 Å². The SMILES string of the molecule is CCN1CC[C@@H](c2cccc(-c3ccccc3)c2C)C1. The van der Waals surface area contributed by atoms with E-state index in [1.807, 2.05) is 0 Å². The van der Waals surface area contributed by atoms with E-state index >= 15 is 0 Å². The van der Waals surface area contributed by atoms with Crippen LogP contribution in [0.3, 0.4) is 0 Å². The lowest BCUT2D eigenvalue weighted by molar-refractivity contribution is 0.354. The van der Waals surface area contributed by atoms with Crippen LogP contribution in [0.15, 0.2) is 48.5 Å². The predicted octanol–water partition coefficient (Wildman–Crippen LogP) is 4.47. The Hall–Kier alpha value is -1.60. The van der Waals surface area contributed by atoms with Gasteiger partial charge in [-0.05, 0) is 54.6 Å². The van der Waals surface area contributed by atoms with Crippen LogP contribution in [0.2, 0.25) is 0 Å². The van der Waals surface area contributed by atoms with Gasteiger partial charge in [0.15, 0.2) is 0 Å². The van der Waals surface area contributed by atoms with Gasteiger partial charge in [-0.25, -0.2) is 0 Å². The van der Waals surface area contributed by atoms with E-state index in [1.165, 1.54) is 42.7 Å². The molecule has 0 bridgehead atoms. The number of hydrogen-bond acceptors (Lipinski definition) is 1. The molecule has 0 spiro atoms. The van der Waals surface area contributed by atoms with E-state index in [0.717, 1.165) is 0 Å². The van der Waals surface area contributed by atoms with Crippen molar-refractivity contribution in [3.8, 4) is 11.1 Å². The average Bonchev–Trinajstić information content (AvgIpc) is 2.97. The van der Waals surface area contributed by atoms with Crippen LogP contribution in [-0.2, 0) is 0 Å². The van der Waals surface area contributed by atoms with Gasteiger partial charge in [0.25, 0.3) is 0 Å². The summed E-state index contributed by atoms with van der Waals surface area (Å²) >= 11 is 0. The summed E-state index contributed by atoms with van der Waals surface area (Å²) in [6.07, 6.45) is 1.30. The second-order valence-corrected chi connectivity index (χ2v) is 5.76. The zero-order valence-corrected chi connectivity index (χ0v) is 12.5. The summed E-state index contributed by atoms with van der Waals surface area (Å²) in [4.78, 5) is 2.55. The van der Waals surface area contributed by atoms with E-state index in [2.05, 4.69) is 67.3 Å². The molecular formula is C19H23N. The summed E-state index contributed by atoms with van der Waals surface area (Å²) in [6.45, 7) is 8.18. The van der Waals surface area contributed by atoms with Crippen molar-refractivity contribution in [2.45, 2.75) is 26.2 Å². The zero-order chi connectivity index (χ0) is 13.9. The van der Waals surface area contributed by atoms with Crippen molar-refractivity contribution < 1.29 is 0 Å². The Balaban J connectivity index is 1.94. The van der Waals surface area contributed by atoms with Gasteiger partial charge in [-0.3, -0.25) is 0 Å². The molecule has 0 aliphatic carbocycles. The van der Waals surface area contributed by atoms with Gasteiger partial charge >= 0.3 is 0 Å². The molecule has 1 heterocycles. The number of nitrogens with zero attached hydrogens (tertiary/aromatic N) is 1. The largest absolute Gasteiger partial charge is 0.303 e.